The predicted molar refractivity (Wildman–Crippen MR) is 71.5 cm³/mol. The van der Waals surface area contributed by atoms with E-state index in [1.807, 2.05) is 24.3 Å². The molecule has 19 heavy (non-hydrogen) atoms. The van der Waals surface area contributed by atoms with Crippen molar-refractivity contribution in [3.8, 4) is 5.88 Å². The summed E-state index contributed by atoms with van der Waals surface area (Å²) < 4.78 is 5.25. The van der Waals surface area contributed by atoms with Gasteiger partial charge >= 0.3 is 5.97 Å². The molecular formula is C15H15NO3. The summed E-state index contributed by atoms with van der Waals surface area (Å²) in [5.41, 5.74) is 0.139. The van der Waals surface area contributed by atoms with Gasteiger partial charge in [-0.15, -0.1) is 0 Å². The molecule has 2 aromatic rings. The number of fused-ring (bicyclic) bond motifs is 1. The van der Waals surface area contributed by atoms with Gasteiger partial charge in [-0.25, -0.2) is 4.98 Å². The number of carboxylic acids is 1. The van der Waals surface area contributed by atoms with Crippen LogP contribution in [0.4, 0.5) is 0 Å². The van der Waals surface area contributed by atoms with Gasteiger partial charge in [0.15, 0.2) is 0 Å². The Bertz CT molecular complexity index is 647. The zero-order valence-corrected chi connectivity index (χ0v) is 10.7. The largest absolute Gasteiger partial charge is 0.481 e. The second kappa shape index (κ2) is 4.23. The lowest BCUT2D eigenvalue weighted by atomic mass is 9.64. The van der Waals surface area contributed by atoms with Crippen LogP contribution in [0.5, 0.6) is 5.88 Å². The SMILES string of the molecule is COc1nccc2ccc(C3(C(=O)O)CCC3)cc12. The lowest BCUT2D eigenvalue weighted by Crippen LogP contribution is -2.42. The molecule has 98 valence electrons. The molecule has 1 aromatic carbocycles. The van der Waals surface area contributed by atoms with E-state index in [-0.39, 0.29) is 0 Å². The van der Waals surface area contributed by atoms with Gasteiger partial charge in [0.1, 0.15) is 0 Å². The standard InChI is InChI=1S/C15H15NO3/c1-19-13-12-9-11(4-3-10(12)5-8-16-13)15(14(17)18)6-2-7-15/h3-5,8-9H,2,6-7H2,1H3,(H,17,18). The van der Waals surface area contributed by atoms with Crippen molar-refractivity contribution in [3.05, 3.63) is 36.0 Å². The van der Waals surface area contributed by atoms with Crippen LogP contribution in [-0.4, -0.2) is 23.2 Å². The minimum atomic E-state index is -0.735. The van der Waals surface area contributed by atoms with Crippen molar-refractivity contribution in [2.45, 2.75) is 24.7 Å². The Kier molecular flexibility index (Phi) is 2.66. The molecule has 1 saturated carbocycles. The zero-order chi connectivity index (χ0) is 13.5. The van der Waals surface area contributed by atoms with Crippen molar-refractivity contribution in [1.29, 1.82) is 0 Å². The first-order chi connectivity index (χ1) is 9.17. The molecule has 0 radical (unpaired) electrons. The number of pyridine rings is 1. The predicted octanol–water partition coefficient (Wildman–Crippen LogP) is 2.75. The molecule has 0 amide bonds. The first kappa shape index (κ1) is 12.0. The Balaban J connectivity index is 2.18. The van der Waals surface area contributed by atoms with Crippen LogP contribution >= 0.6 is 0 Å². The summed E-state index contributed by atoms with van der Waals surface area (Å²) in [6, 6.07) is 7.66. The number of hydrogen-bond acceptors (Lipinski definition) is 3. The molecule has 1 aliphatic carbocycles. The van der Waals surface area contributed by atoms with Gasteiger partial charge in [0.25, 0.3) is 0 Å². The van der Waals surface area contributed by atoms with Crippen molar-refractivity contribution in [1.82, 2.24) is 4.98 Å². The van der Waals surface area contributed by atoms with E-state index in [1.165, 1.54) is 0 Å². The van der Waals surface area contributed by atoms with E-state index in [9.17, 15) is 9.90 Å². The van der Waals surface area contributed by atoms with Gasteiger partial charge in [-0.3, -0.25) is 4.79 Å². The lowest BCUT2D eigenvalue weighted by Gasteiger charge is -2.38. The summed E-state index contributed by atoms with van der Waals surface area (Å²) in [6.45, 7) is 0. The highest BCUT2D eigenvalue weighted by Gasteiger charge is 2.45. The maximum Gasteiger partial charge on any atom is 0.314 e. The monoisotopic (exact) mass is 257 g/mol. The molecule has 1 fully saturated rings. The Hall–Kier alpha value is -2.10. The summed E-state index contributed by atoms with van der Waals surface area (Å²) in [5.74, 6) is -0.194. The first-order valence-corrected chi connectivity index (χ1v) is 6.34. The van der Waals surface area contributed by atoms with Gasteiger partial charge in [0.2, 0.25) is 5.88 Å². The van der Waals surface area contributed by atoms with Gasteiger partial charge in [0.05, 0.1) is 12.5 Å². The zero-order valence-electron chi connectivity index (χ0n) is 10.7. The Morgan fingerprint density at radius 3 is 2.74 bits per heavy atom. The third-order valence-electron chi connectivity index (χ3n) is 4.09. The molecule has 4 nitrogen and oxygen atoms in total. The summed E-state index contributed by atoms with van der Waals surface area (Å²) in [6.07, 6.45) is 4.07. The number of methoxy groups -OCH3 is 1. The van der Waals surface area contributed by atoms with Crippen molar-refractivity contribution >= 4 is 16.7 Å². The van der Waals surface area contributed by atoms with E-state index in [0.717, 1.165) is 22.8 Å². The molecule has 1 aliphatic rings. The normalized spacial score (nSPS) is 16.9. The van der Waals surface area contributed by atoms with Gasteiger partial charge in [-0.1, -0.05) is 18.6 Å². The van der Waals surface area contributed by atoms with Crippen LogP contribution in [0.15, 0.2) is 30.5 Å². The highest BCUT2D eigenvalue weighted by atomic mass is 16.5. The average Bonchev–Trinajstić information content (AvgIpc) is 2.36. The van der Waals surface area contributed by atoms with E-state index in [2.05, 4.69) is 4.98 Å². The Morgan fingerprint density at radius 2 is 2.16 bits per heavy atom. The van der Waals surface area contributed by atoms with Crippen molar-refractivity contribution in [3.63, 3.8) is 0 Å². The maximum absolute atomic E-state index is 11.5. The molecular weight excluding hydrogens is 242 g/mol. The van der Waals surface area contributed by atoms with Crippen molar-refractivity contribution in [2.75, 3.05) is 7.11 Å². The summed E-state index contributed by atoms with van der Waals surface area (Å²) in [5, 5.41) is 11.4. The van der Waals surface area contributed by atoms with Crippen LogP contribution in [0.1, 0.15) is 24.8 Å². The molecule has 3 rings (SSSR count). The number of hydrogen-bond donors (Lipinski definition) is 1. The number of carbonyl (C=O) groups is 1. The second-order valence-electron chi connectivity index (χ2n) is 5.00. The second-order valence-corrected chi connectivity index (χ2v) is 5.00. The molecule has 4 heteroatoms. The van der Waals surface area contributed by atoms with E-state index >= 15 is 0 Å². The quantitative estimate of drug-likeness (QED) is 0.918. The summed E-state index contributed by atoms with van der Waals surface area (Å²) in [4.78, 5) is 15.7. The number of carboxylic acid groups (broad SMARTS) is 1. The molecule has 0 spiro atoms. The fourth-order valence-corrected chi connectivity index (χ4v) is 2.76. The highest BCUT2D eigenvalue weighted by molar-refractivity contribution is 5.90. The maximum atomic E-state index is 11.5. The number of ether oxygens (including phenoxy) is 1. The highest BCUT2D eigenvalue weighted by Crippen LogP contribution is 2.45. The van der Waals surface area contributed by atoms with Gasteiger partial charge < -0.3 is 9.84 Å². The number of nitrogens with zero attached hydrogens (tertiary/aromatic N) is 1. The van der Waals surface area contributed by atoms with Crippen LogP contribution in [0.25, 0.3) is 10.8 Å². The topological polar surface area (TPSA) is 59.4 Å². The minimum absolute atomic E-state index is 0.541. The van der Waals surface area contributed by atoms with Crippen LogP contribution in [0.3, 0.4) is 0 Å². The third kappa shape index (κ3) is 1.67. The summed E-state index contributed by atoms with van der Waals surface area (Å²) in [7, 11) is 1.57. The van der Waals surface area contributed by atoms with Gasteiger partial charge in [-0.05, 0) is 35.9 Å². The smallest absolute Gasteiger partial charge is 0.314 e. The number of aliphatic carboxylic acids is 1. The molecule has 0 bridgehead atoms. The van der Waals surface area contributed by atoms with E-state index < -0.39 is 11.4 Å². The van der Waals surface area contributed by atoms with E-state index in [4.69, 9.17) is 4.74 Å². The number of benzene rings is 1. The minimum Gasteiger partial charge on any atom is -0.481 e. The van der Waals surface area contributed by atoms with Gasteiger partial charge in [-0.2, -0.15) is 0 Å². The fraction of sp³-hybridized carbons (Fsp3) is 0.333. The van der Waals surface area contributed by atoms with Crippen LogP contribution in [0.2, 0.25) is 0 Å². The third-order valence-corrected chi connectivity index (χ3v) is 4.09. The van der Waals surface area contributed by atoms with E-state index in [0.29, 0.717) is 18.7 Å². The lowest BCUT2D eigenvalue weighted by molar-refractivity contribution is -0.147. The molecule has 1 aromatic heterocycles. The summed E-state index contributed by atoms with van der Waals surface area (Å²) >= 11 is 0. The molecule has 1 N–H and O–H groups in total. The van der Waals surface area contributed by atoms with Crippen molar-refractivity contribution < 1.29 is 14.6 Å². The van der Waals surface area contributed by atoms with Gasteiger partial charge in [0, 0.05) is 11.6 Å². The molecule has 0 unspecified atom stereocenters. The fourth-order valence-electron chi connectivity index (χ4n) is 2.76. The van der Waals surface area contributed by atoms with Crippen LogP contribution in [-0.2, 0) is 10.2 Å². The number of aromatic nitrogens is 1. The average molecular weight is 257 g/mol. The van der Waals surface area contributed by atoms with Crippen molar-refractivity contribution in [2.24, 2.45) is 0 Å². The first-order valence-electron chi connectivity index (χ1n) is 6.34. The molecule has 0 atom stereocenters. The molecule has 0 saturated heterocycles. The Morgan fingerprint density at radius 1 is 1.37 bits per heavy atom. The molecule has 0 aliphatic heterocycles. The molecule has 1 heterocycles. The number of rotatable bonds is 3. The Labute approximate surface area is 111 Å². The van der Waals surface area contributed by atoms with Crippen LogP contribution in [0, 0.1) is 0 Å². The van der Waals surface area contributed by atoms with E-state index in [1.54, 1.807) is 13.3 Å². The van der Waals surface area contributed by atoms with Crippen LogP contribution < -0.4 is 4.74 Å².